The predicted molar refractivity (Wildman–Crippen MR) is 198 cm³/mol. The van der Waals surface area contributed by atoms with Gasteiger partial charge in [0.05, 0.1) is 5.58 Å². The average Bonchev–Trinajstić information content (AvgIpc) is 3.50. The Morgan fingerprint density at radius 2 is 1.27 bits per heavy atom. The molecular formula is C43H34GeIrN2O-2. The summed E-state index contributed by atoms with van der Waals surface area (Å²) in [6.45, 7) is 0. The van der Waals surface area contributed by atoms with Crippen molar-refractivity contribution in [2.75, 3.05) is 0 Å². The van der Waals surface area contributed by atoms with Crippen LogP contribution >= 0.6 is 0 Å². The standard InChI is InChI=1S/C29H18NO.C14H16GeN.Ir/c1-3-7-20(8-4-1)22-12-14-28-26(17-22)25-13-11-24(19-29(25)31-28)27-18-23(15-16-30-27)21-9-5-2-6-10-21;1-15(2,3)13-9-10-14(16-11-13)12-7-5-4-6-8-12;/h1-18H;4-7,9-11H,1-3H3;/q2*-1;. The van der Waals surface area contributed by atoms with E-state index in [4.69, 9.17) is 4.42 Å². The van der Waals surface area contributed by atoms with Crippen LogP contribution in [0.4, 0.5) is 0 Å². The molecule has 0 N–H and O–H groups in total. The normalized spacial score (nSPS) is 11.1. The van der Waals surface area contributed by atoms with Crippen LogP contribution in [0.2, 0.25) is 17.3 Å². The molecule has 0 atom stereocenters. The Labute approximate surface area is 298 Å². The van der Waals surface area contributed by atoms with Crippen LogP contribution in [-0.4, -0.2) is 23.2 Å². The summed E-state index contributed by atoms with van der Waals surface area (Å²) < 4.78 is 7.58. The molecule has 0 aliphatic carbocycles. The molecule has 0 unspecified atom stereocenters. The largest absolute Gasteiger partial charge is 0.477 e. The zero-order valence-corrected chi connectivity index (χ0v) is 31.6. The van der Waals surface area contributed by atoms with Gasteiger partial charge in [-0.3, -0.25) is 0 Å². The maximum Gasteiger partial charge on any atom is 0.123 e. The quantitative estimate of drug-likeness (QED) is 0.128. The third kappa shape index (κ3) is 7.42. The Bertz CT molecular complexity index is 2260. The first-order valence-corrected chi connectivity index (χ1v) is 23.2. The molecule has 3 heterocycles. The summed E-state index contributed by atoms with van der Waals surface area (Å²) >= 11 is -1.72. The monoisotopic (exact) mass is 861 g/mol. The van der Waals surface area contributed by atoms with E-state index in [-0.39, 0.29) is 20.1 Å². The fourth-order valence-corrected chi connectivity index (χ4v) is 7.77. The van der Waals surface area contributed by atoms with Crippen LogP contribution < -0.4 is 4.40 Å². The molecule has 0 aliphatic rings. The molecule has 1 radical (unpaired) electrons. The van der Waals surface area contributed by atoms with E-state index in [1.54, 1.807) is 0 Å². The van der Waals surface area contributed by atoms with Gasteiger partial charge in [0.1, 0.15) is 5.58 Å². The van der Waals surface area contributed by atoms with Crippen LogP contribution in [0.15, 0.2) is 156 Å². The number of fused-ring (bicyclic) bond motifs is 3. The minimum Gasteiger partial charge on any atom is -0.477 e. The second kappa shape index (κ2) is 14.7. The number of benzene rings is 5. The van der Waals surface area contributed by atoms with Gasteiger partial charge in [0.2, 0.25) is 0 Å². The summed E-state index contributed by atoms with van der Waals surface area (Å²) in [5.74, 6) is 7.14. The fourth-order valence-electron chi connectivity index (χ4n) is 5.60. The van der Waals surface area contributed by atoms with Gasteiger partial charge >= 0.3 is 99.8 Å². The number of furan rings is 1. The smallest absolute Gasteiger partial charge is 0.123 e. The summed E-state index contributed by atoms with van der Waals surface area (Å²) in [4.78, 5) is 9.11. The van der Waals surface area contributed by atoms with Gasteiger partial charge < -0.3 is 9.40 Å². The zero-order chi connectivity index (χ0) is 32.2. The zero-order valence-electron chi connectivity index (χ0n) is 27.1. The molecule has 5 heteroatoms. The van der Waals surface area contributed by atoms with E-state index < -0.39 is 13.3 Å². The summed E-state index contributed by atoms with van der Waals surface area (Å²) in [5, 5.41) is 2.17. The van der Waals surface area contributed by atoms with Crippen molar-refractivity contribution in [2.45, 2.75) is 17.3 Å². The molecule has 237 valence electrons. The molecular weight excluding hydrogens is 825 g/mol. The molecule has 3 aromatic heterocycles. The first-order valence-electron chi connectivity index (χ1n) is 15.8. The maximum absolute atomic E-state index is 6.14. The van der Waals surface area contributed by atoms with Crippen molar-refractivity contribution in [3.8, 4) is 44.8 Å². The third-order valence-electron chi connectivity index (χ3n) is 8.26. The Hall–Kier alpha value is -4.61. The molecule has 0 saturated carbocycles. The Balaban J connectivity index is 0.000000201. The Morgan fingerprint density at radius 1 is 0.562 bits per heavy atom. The van der Waals surface area contributed by atoms with E-state index >= 15 is 0 Å². The first-order chi connectivity index (χ1) is 22.9. The fraction of sp³-hybridized carbons (Fsp3) is 0.0698. The molecule has 0 aliphatic heterocycles. The number of rotatable bonds is 5. The van der Waals surface area contributed by atoms with Crippen LogP contribution in [0.3, 0.4) is 0 Å². The second-order valence-corrected chi connectivity index (χ2v) is 23.2. The van der Waals surface area contributed by atoms with Gasteiger partial charge in [-0.25, -0.2) is 0 Å². The molecule has 3 nitrogen and oxygen atoms in total. The van der Waals surface area contributed by atoms with Crippen molar-refractivity contribution in [1.82, 2.24) is 9.97 Å². The van der Waals surface area contributed by atoms with E-state index in [2.05, 4.69) is 118 Å². The number of pyridine rings is 2. The summed E-state index contributed by atoms with van der Waals surface area (Å²) in [7, 11) is 0. The Kier molecular flexibility index (Phi) is 10.2. The van der Waals surface area contributed by atoms with Crippen molar-refractivity contribution in [3.05, 3.63) is 164 Å². The van der Waals surface area contributed by atoms with E-state index in [1.807, 2.05) is 73.1 Å². The Morgan fingerprint density at radius 3 is 1.92 bits per heavy atom. The van der Waals surface area contributed by atoms with Crippen molar-refractivity contribution in [1.29, 1.82) is 0 Å². The van der Waals surface area contributed by atoms with Gasteiger partial charge in [0, 0.05) is 26.3 Å². The van der Waals surface area contributed by atoms with Gasteiger partial charge in [-0.05, 0) is 45.5 Å². The van der Waals surface area contributed by atoms with Crippen LogP contribution in [-0.2, 0) is 20.1 Å². The second-order valence-electron chi connectivity index (χ2n) is 12.5. The van der Waals surface area contributed by atoms with E-state index in [9.17, 15) is 0 Å². The van der Waals surface area contributed by atoms with Crippen molar-refractivity contribution >= 4 is 39.6 Å². The molecule has 0 saturated heterocycles. The number of hydrogen-bond donors (Lipinski definition) is 0. The SMILES string of the molecule is [CH3][Ge]([CH3])([CH3])[c]1ccc(-c2[c-]cccc2)nc1.[Ir].[c-]1c(-c2cc(-c3ccccc3)ccn2)ccc2c1oc1ccc(-c3ccccc3)cc12. The van der Waals surface area contributed by atoms with Crippen molar-refractivity contribution in [3.63, 3.8) is 0 Å². The van der Waals surface area contributed by atoms with Crippen LogP contribution in [0.25, 0.3) is 66.7 Å². The van der Waals surface area contributed by atoms with E-state index in [0.29, 0.717) is 0 Å². The van der Waals surface area contributed by atoms with Gasteiger partial charge in [-0.1, -0.05) is 90.3 Å². The molecule has 5 aromatic carbocycles. The molecule has 0 amide bonds. The minimum absolute atomic E-state index is 0. The average molecular weight is 860 g/mol. The molecule has 0 bridgehead atoms. The topological polar surface area (TPSA) is 38.9 Å². The van der Waals surface area contributed by atoms with Gasteiger partial charge in [0.25, 0.3) is 0 Å². The van der Waals surface area contributed by atoms with Crippen LogP contribution in [0.1, 0.15) is 0 Å². The van der Waals surface area contributed by atoms with Gasteiger partial charge in [-0.2, -0.15) is 0 Å². The summed E-state index contributed by atoms with van der Waals surface area (Å²) in [6.07, 6.45) is 3.89. The summed E-state index contributed by atoms with van der Waals surface area (Å²) in [5.41, 5.74) is 10.2. The van der Waals surface area contributed by atoms with Crippen molar-refractivity contribution in [2.24, 2.45) is 0 Å². The van der Waals surface area contributed by atoms with Gasteiger partial charge in [-0.15, -0.1) is 17.7 Å². The predicted octanol–water partition coefficient (Wildman–Crippen LogP) is 10.9. The molecule has 8 rings (SSSR count). The molecule has 48 heavy (non-hydrogen) atoms. The maximum atomic E-state index is 6.14. The minimum atomic E-state index is -1.72. The van der Waals surface area contributed by atoms with Gasteiger partial charge in [0.15, 0.2) is 0 Å². The molecule has 0 spiro atoms. The van der Waals surface area contributed by atoms with Crippen LogP contribution in [0, 0.1) is 12.1 Å². The number of nitrogens with zero attached hydrogens (tertiary/aromatic N) is 2. The van der Waals surface area contributed by atoms with Crippen molar-refractivity contribution < 1.29 is 24.5 Å². The number of aromatic nitrogens is 2. The third-order valence-corrected chi connectivity index (χ3v) is 12.5. The first kappa shape index (κ1) is 33.3. The summed E-state index contributed by atoms with van der Waals surface area (Å²) in [6, 6.07) is 54.3. The molecule has 0 fully saturated rings. The molecule has 8 aromatic rings. The van der Waals surface area contributed by atoms with Crippen LogP contribution in [0.5, 0.6) is 0 Å². The van der Waals surface area contributed by atoms with E-state index in [1.165, 1.54) is 21.1 Å². The van der Waals surface area contributed by atoms with E-state index in [0.717, 1.165) is 50.0 Å². The number of hydrogen-bond acceptors (Lipinski definition) is 3.